The lowest BCUT2D eigenvalue weighted by atomic mass is 9.82. The molecule has 0 unspecified atom stereocenters. The van der Waals surface area contributed by atoms with Crippen LogP contribution in [0.4, 0.5) is 0 Å². The molecule has 26 heavy (non-hydrogen) atoms. The zero-order valence-electron chi connectivity index (χ0n) is 14.6. The Bertz CT molecular complexity index is 849. The average Bonchev–Trinajstić information content (AvgIpc) is 3.01. The summed E-state index contributed by atoms with van der Waals surface area (Å²) in [5.41, 5.74) is 1.10. The van der Waals surface area contributed by atoms with Gasteiger partial charge < -0.3 is 4.74 Å². The molecule has 0 spiro atoms. The normalized spacial score (nSPS) is 19.2. The number of hydrazone groups is 1. The first-order valence-corrected chi connectivity index (χ1v) is 8.59. The van der Waals surface area contributed by atoms with E-state index < -0.39 is 11.4 Å². The highest BCUT2D eigenvalue weighted by molar-refractivity contribution is 6.30. The third kappa shape index (κ3) is 3.48. The molecule has 0 saturated carbocycles. The molecule has 0 aliphatic carbocycles. The molecule has 1 amide bonds. The maximum atomic E-state index is 12.7. The highest BCUT2D eigenvalue weighted by Crippen LogP contribution is 2.33. The molecule has 6 heteroatoms. The van der Waals surface area contributed by atoms with Crippen LogP contribution in [0.25, 0.3) is 0 Å². The van der Waals surface area contributed by atoms with E-state index in [0.717, 1.165) is 11.1 Å². The highest BCUT2D eigenvalue weighted by atomic mass is 35.5. The Balaban J connectivity index is 1.92. The molecule has 0 bridgehead atoms. The van der Waals surface area contributed by atoms with Crippen LogP contribution in [-0.2, 0) is 20.7 Å². The second kappa shape index (κ2) is 7.30. The standard InChI is InChI=1S/C20H19ClN2O3/c1-20(19(25)26-2)13-23(17(24)12-14-6-4-3-5-7-14)22-18(20)15-8-10-16(21)11-9-15/h3-11H,12-13H2,1-2H3/t20-/m1/s1. The molecular weight excluding hydrogens is 352 g/mol. The van der Waals surface area contributed by atoms with E-state index in [0.29, 0.717) is 10.7 Å². The fourth-order valence-electron chi connectivity index (χ4n) is 3.02. The van der Waals surface area contributed by atoms with E-state index in [1.807, 2.05) is 30.3 Å². The number of nitrogens with zero attached hydrogens (tertiary/aromatic N) is 2. The number of halogens is 1. The van der Waals surface area contributed by atoms with Crippen molar-refractivity contribution in [2.24, 2.45) is 10.5 Å². The molecule has 134 valence electrons. The lowest BCUT2D eigenvalue weighted by Gasteiger charge is -2.23. The fraction of sp³-hybridized carbons (Fsp3) is 0.250. The van der Waals surface area contributed by atoms with Crippen molar-refractivity contribution in [3.63, 3.8) is 0 Å². The van der Waals surface area contributed by atoms with Crippen molar-refractivity contribution in [2.75, 3.05) is 13.7 Å². The maximum absolute atomic E-state index is 12.7. The Kier molecular flexibility index (Phi) is 5.09. The molecule has 0 saturated heterocycles. The van der Waals surface area contributed by atoms with Crippen molar-refractivity contribution in [1.82, 2.24) is 5.01 Å². The molecule has 1 heterocycles. The van der Waals surface area contributed by atoms with Crippen molar-refractivity contribution >= 4 is 29.2 Å². The molecule has 0 N–H and O–H groups in total. The zero-order valence-corrected chi connectivity index (χ0v) is 15.4. The summed E-state index contributed by atoms with van der Waals surface area (Å²) < 4.78 is 4.98. The third-order valence-corrected chi connectivity index (χ3v) is 4.70. The number of hydrogen-bond donors (Lipinski definition) is 0. The summed E-state index contributed by atoms with van der Waals surface area (Å²) in [6.07, 6.45) is 0.218. The number of methoxy groups -OCH3 is 1. The topological polar surface area (TPSA) is 59.0 Å². The average molecular weight is 371 g/mol. The van der Waals surface area contributed by atoms with Gasteiger partial charge in [0.25, 0.3) is 0 Å². The van der Waals surface area contributed by atoms with E-state index in [4.69, 9.17) is 16.3 Å². The maximum Gasteiger partial charge on any atom is 0.319 e. The van der Waals surface area contributed by atoms with E-state index in [9.17, 15) is 9.59 Å². The Labute approximate surface area is 157 Å². The van der Waals surface area contributed by atoms with Crippen LogP contribution in [-0.4, -0.2) is 36.3 Å². The molecule has 1 atom stereocenters. The van der Waals surface area contributed by atoms with Crippen molar-refractivity contribution in [3.05, 3.63) is 70.7 Å². The smallest absolute Gasteiger partial charge is 0.319 e. The van der Waals surface area contributed by atoms with Gasteiger partial charge in [-0.25, -0.2) is 5.01 Å². The monoisotopic (exact) mass is 370 g/mol. The minimum atomic E-state index is -1.03. The number of carbonyl (C=O) groups excluding carboxylic acids is 2. The third-order valence-electron chi connectivity index (χ3n) is 4.45. The van der Waals surface area contributed by atoms with E-state index in [1.165, 1.54) is 12.1 Å². The summed E-state index contributed by atoms with van der Waals surface area (Å²) in [5, 5.41) is 6.40. The Morgan fingerprint density at radius 2 is 1.81 bits per heavy atom. The van der Waals surface area contributed by atoms with Gasteiger partial charge in [-0.05, 0) is 30.2 Å². The number of benzene rings is 2. The molecule has 1 aliphatic rings. The van der Waals surface area contributed by atoms with Gasteiger partial charge in [0, 0.05) is 5.02 Å². The number of esters is 1. The lowest BCUT2D eigenvalue weighted by molar-refractivity contribution is -0.148. The summed E-state index contributed by atoms with van der Waals surface area (Å²) in [6.45, 7) is 1.88. The molecule has 2 aromatic carbocycles. The van der Waals surface area contributed by atoms with Gasteiger partial charge in [0.15, 0.2) is 0 Å². The number of carbonyl (C=O) groups is 2. The van der Waals surface area contributed by atoms with Gasteiger partial charge in [0.1, 0.15) is 5.41 Å². The first-order chi connectivity index (χ1) is 12.4. The van der Waals surface area contributed by atoms with Crippen molar-refractivity contribution in [1.29, 1.82) is 0 Å². The Morgan fingerprint density at radius 1 is 1.15 bits per heavy atom. The van der Waals surface area contributed by atoms with Crippen LogP contribution in [0.3, 0.4) is 0 Å². The van der Waals surface area contributed by atoms with Crippen LogP contribution in [0, 0.1) is 5.41 Å². The Morgan fingerprint density at radius 3 is 2.42 bits per heavy atom. The van der Waals surface area contributed by atoms with Crippen LogP contribution in [0.15, 0.2) is 59.7 Å². The largest absolute Gasteiger partial charge is 0.468 e. The molecule has 0 aromatic heterocycles. The van der Waals surface area contributed by atoms with Crippen LogP contribution in [0.5, 0.6) is 0 Å². The first kappa shape index (κ1) is 18.1. The van der Waals surface area contributed by atoms with E-state index in [1.54, 1.807) is 31.2 Å². The van der Waals surface area contributed by atoms with Crippen LogP contribution in [0.1, 0.15) is 18.1 Å². The van der Waals surface area contributed by atoms with E-state index >= 15 is 0 Å². The zero-order chi connectivity index (χ0) is 18.7. The van der Waals surface area contributed by atoms with Gasteiger partial charge in [-0.15, -0.1) is 0 Å². The van der Waals surface area contributed by atoms with Crippen molar-refractivity contribution in [2.45, 2.75) is 13.3 Å². The SMILES string of the molecule is COC(=O)[C@]1(C)CN(C(=O)Cc2ccccc2)N=C1c1ccc(Cl)cc1. The summed E-state index contributed by atoms with van der Waals surface area (Å²) in [4.78, 5) is 25.1. The highest BCUT2D eigenvalue weighted by Gasteiger charge is 2.48. The molecular formula is C20H19ClN2O3. The number of rotatable bonds is 4. The quantitative estimate of drug-likeness (QED) is 0.776. The van der Waals surface area contributed by atoms with Crippen LogP contribution >= 0.6 is 11.6 Å². The molecule has 2 aromatic rings. The van der Waals surface area contributed by atoms with Gasteiger partial charge in [0.05, 0.1) is 25.8 Å². The minimum absolute atomic E-state index is 0.142. The summed E-state index contributed by atoms with van der Waals surface area (Å²) >= 11 is 5.95. The number of hydrogen-bond acceptors (Lipinski definition) is 4. The van der Waals surface area contributed by atoms with Crippen LogP contribution < -0.4 is 0 Å². The number of ether oxygens (including phenoxy) is 1. The van der Waals surface area contributed by atoms with Gasteiger partial charge in [0.2, 0.25) is 5.91 Å². The molecule has 3 rings (SSSR count). The second-order valence-corrected chi connectivity index (χ2v) is 6.83. The van der Waals surface area contributed by atoms with E-state index in [-0.39, 0.29) is 18.9 Å². The summed E-state index contributed by atoms with van der Waals surface area (Å²) in [7, 11) is 1.33. The minimum Gasteiger partial charge on any atom is -0.468 e. The fourth-order valence-corrected chi connectivity index (χ4v) is 3.14. The molecule has 1 aliphatic heterocycles. The number of amides is 1. The summed E-state index contributed by atoms with van der Waals surface area (Å²) in [5.74, 6) is -0.600. The van der Waals surface area contributed by atoms with Gasteiger partial charge in [-0.2, -0.15) is 5.10 Å². The van der Waals surface area contributed by atoms with Crippen molar-refractivity contribution < 1.29 is 14.3 Å². The van der Waals surface area contributed by atoms with Gasteiger partial charge in [-0.1, -0.05) is 54.1 Å². The van der Waals surface area contributed by atoms with E-state index in [2.05, 4.69) is 5.10 Å². The van der Waals surface area contributed by atoms with Crippen molar-refractivity contribution in [3.8, 4) is 0 Å². The molecule has 0 radical (unpaired) electrons. The van der Waals surface area contributed by atoms with Gasteiger partial charge >= 0.3 is 5.97 Å². The van der Waals surface area contributed by atoms with Crippen LogP contribution in [0.2, 0.25) is 5.02 Å². The second-order valence-electron chi connectivity index (χ2n) is 6.39. The summed E-state index contributed by atoms with van der Waals surface area (Å²) in [6, 6.07) is 16.5. The Hall–Kier alpha value is -2.66. The predicted octanol–water partition coefficient (Wildman–Crippen LogP) is 3.31. The first-order valence-electron chi connectivity index (χ1n) is 8.22. The lowest BCUT2D eigenvalue weighted by Crippen LogP contribution is -2.41. The van der Waals surface area contributed by atoms with Gasteiger partial charge in [-0.3, -0.25) is 9.59 Å². The molecule has 0 fully saturated rings. The molecule has 5 nitrogen and oxygen atoms in total. The predicted molar refractivity (Wildman–Crippen MR) is 100.0 cm³/mol.